The Hall–Kier alpha value is -3.28. The molecule has 3 rings (SSSR count). The predicted octanol–water partition coefficient (Wildman–Crippen LogP) is 4.32. The first kappa shape index (κ1) is 21.4. The van der Waals surface area contributed by atoms with Crippen molar-refractivity contribution in [1.29, 1.82) is 0 Å². The zero-order chi connectivity index (χ0) is 21.5. The molecule has 1 amide bonds. The van der Waals surface area contributed by atoms with Gasteiger partial charge in [-0.2, -0.15) is 0 Å². The fourth-order valence-electron chi connectivity index (χ4n) is 3.78. The van der Waals surface area contributed by atoms with Crippen LogP contribution in [-0.4, -0.2) is 48.0 Å². The third kappa shape index (κ3) is 4.48. The van der Waals surface area contributed by atoms with Crippen molar-refractivity contribution < 1.29 is 24.2 Å². The van der Waals surface area contributed by atoms with Crippen molar-refractivity contribution in [3.63, 3.8) is 0 Å². The van der Waals surface area contributed by atoms with Gasteiger partial charge in [-0.3, -0.25) is 9.59 Å². The number of rotatable bonds is 8. The number of likely N-dealkylation sites (tertiary alicyclic amines) is 1. The third-order valence-corrected chi connectivity index (χ3v) is 5.28. The molecule has 1 fully saturated rings. The summed E-state index contributed by atoms with van der Waals surface area (Å²) < 4.78 is 11.5. The van der Waals surface area contributed by atoms with Crippen LogP contribution in [0.2, 0.25) is 0 Å². The van der Waals surface area contributed by atoms with E-state index in [0.29, 0.717) is 42.1 Å². The fourth-order valence-corrected chi connectivity index (χ4v) is 3.78. The lowest BCUT2D eigenvalue weighted by atomic mass is 9.99. The van der Waals surface area contributed by atoms with E-state index in [1.807, 2.05) is 6.92 Å². The SMILES string of the molecule is C=Cc1c(O)cccc1OC[C@@H]1CCCCN1C(=O)c1cccc(OCC)c1C=O. The van der Waals surface area contributed by atoms with Gasteiger partial charge in [0.2, 0.25) is 0 Å². The molecule has 2 aromatic rings. The molecule has 0 radical (unpaired) electrons. The molecule has 0 saturated carbocycles. The van der Waals surface area contributed by atoms with E-state index in [1.165, 1.54) is 0 Å². The molecule has 0 unspecified atom stereocenters. The highest BCUT2D eigenvalue weighted by Gasteiger charge is 2.30. The highest BCUT2D eigenvalue weighted by Crippen LogP contribution is 2.30. The summed E-state index contributed by atoms with van der Waals surface area (Å²) in [5.41, 5.74) is 1.14. The summed E-state index contributed by atoms with van der Waals surface area (Å²) in [5, 5.41) is 9.98. The molecular formula is C24H27NO5. The van der Waals surface area contributed by atoms with Crippen LogP contribution in [-0.2, 0) is 0 Å². The van der Waals surface area contributed by atoms with Crippen LogP contribution < -0.4 is 9.47 Å². The number of phenolic OH excluding ortho intramolecular Hbond substituents is 1. The number of amides is 1. The van der Waals surface area contributed by atoms with E-state index in [0.717, 1.165) is 19.3 Å². The zero-order valence-corrected chi connectivity index (χ0v) is 17.2. The molecule has 0 aromatic heterocycles. The van der Waals surface area contributed by atoms with Gasteiger partial charge in [-0.1, -0.05) is 24.8 Å². The summed E-state index contributed by atoms with van der Waals surface area (Å²) in [4.78, 5) is 26.8. The second kappa shape index (κ2) is 9.96. The minimum atomic E-state index is -0.202. The minimum Gasteiger partial charge on any atom is -0.507 e. The van der Waals surface area contributed by atoms with Crippen LogP contribution in [0, 0.1) is 0 Å². The maximum atomic E-state index is 13.3. The van der Waals surface area contributed by atoms with Crippen LogP contribution in [0.1, 0.15) is 52.5 Å². The molecule has 30 heavy (non-hydrogen) atoms. The molecular weight excluding hydrogens is 382 g/mol. The Morgan fingerprint density at radius 2 is 1.90 bits per heavy atom. The van der Waals surface area contributed by atoms with E-state index in [1.54, 1.807) is 47.4 Å². The number of carbonyl (C=O) groups excluding carboxylic acids is 2. The van der Waals surface area contributed by atoms with Gasteiger partial charge in [0.15, 0.2) is 6.29 Å². The van der Waals surface area contributed by atoms with Crippen molar-refractivity contribution in [1.82, 2.24) is 4.90 Å². The lowest BCUT2D eigenvalue weighted by molar-refractivity contribution is 0.0526. The number of benzene rings is 2. The highest BCUT2D eigenvalue weighted by atomic mass is 16.5. The molecule has 1 heterocycles. The number of hydrogen-bond donors (Lipinski definition) is 1. The van der Waals surface area contributed by atoms with Gasteiger partial charge >= 0.3 is 0 Å². The lowest BCUT2D eigenvalue weighted by Gasteiger charge is -2.36. The predicted molar refractivity (Wildman–Crippen MR) is 115 cm³/mol. The summed E-state index contributed by atoms with van der Waals surface area (Å²) in [7, 11) is 0. The molecule has 6 heteroatoms. The van der Waals surface area contributed by atoms with Gasteiger partial charge in [-0.25, -0.2) is 0 Å². The van der Waals surface area contributed by atoms with Gasteiger partial charge in [-0.05, 0) is 50.5 Å². The van der Waals surface area contributed by atoms with Crippen molar-refractivity contribution in [3.05, 3.63) is 59.7 Å². The number of aromatic hydroxyl groups is 1. The molecule has 0 bridgehead atoms. The topological polar surface area (TPSA) is 76.1 Å². The van der Waals surface area contributed by atoms with E-state index in [2.05, 4.69) is 6.58 Å². The number of carbonyl (C=O) groups is 2. The molecule has 1 N–H and O–H groups in total. The van der Waals surface area contributed by atoms with Crippen LogP contribution in [0.15, 0.2) is 43.0 Å². The number of hydrogen-bond acceptors (Lipinski definition) is 5. The molecule has 0 aliphatic carbocycles. The van der Waals surface area contributed by atoms with Crippen molar-refractivity contribution >= 4 is 18.3 Å². The standard InChI is InChI=1S/C24H27NO5/c1-3-18-21(27)11-8-13-22(18)30-16-17-9-5-6-14-25(17)24(28)19-10-7-12-23(29-4-2)20(19)15-26/h3,7-8,10-13,15,17,27H,1,4-6,9,14,16H2,2H3/t17-/m0/s1. The Morgan fingerprint density at radius 1 is 1.17 bits per heavy atom. The summed E-state index contributed by atoms with van der Waals surface area (Å²) in [6, 6.07) is 9.99. The smallest absolute Gasteiger partial charge is 0.255 e. The highest BCUT2D eigenvalue weighted by molar-refractivity contribution is 6.03. The first-order valence-corrected chi connectivity index (χ1v) is 10.2. The molecule has 158 valence electrons. The summed E-state index contributed by atoms with van der Waals surface area (Å²) in [6.07, 6.45) is 4.91. The Morgan fingerprint density at radius 3 is 2.60 bits per heavy atom. The van der Waals surface area contributed by atoms with Crippen LogP contribution >= 0.6 is 0 Å². The van der Waals surface area contributed by atoms with Gasteiger partial charge in [0.25, 0.3) is 5.91 Å². The number of nitrogens with zero attached hydrogens (tertiary/aromatic N) is 1. The average Bonchev–Trinajstić information content (AvgIpc) is 2.77. The summed E-state index contributed by atoms with van der Waals surface area (Å²) >= 11 is 0. The summed E-state index contributed by atoms with van der Waals surface area (Å²) in [5.74, 6) is 0.836. The number of ether oxygens (including phenoxy) is 2. The van der Waals surface area contributed by atoms with Crippen LogP contribution in [0.4, 0.5) is 0 Å². The molecule has 0 spiro atoms. The second-order valence-corrected chi connectivity index (χ2v) is 7.12. The first-order valence-electron chi connectivity index (χ1n) is 10.2. The van der Waals surface area contributed by atoms with E-state index >= 15 is 0 Å². The molecule has 6 nitrogen and oxygen atoms in total. The second-order valence-electron chi connectivity index (χ2n) is 7.12. The largest absolute Gasteiger partial charge is 0.507 e. The van der Waals surface area contributed by atoms with Crippen LogP contribution in [0.5, 0.6) is 17.2 Å². The maximum Gasteiger partial charge on any atom is 0.255 e. The first-order chi connectivity index (χ1) is 14.6. The molecule has 1 aliphatic rings. The Bertz CT molecular complexity index is 924. The van der Waals surface area contributed by atoms with Crippen molar-refractivity contribution in [2.45, 2.75) is 32.2 Å². The van der Waals surface area contributed by atoms with Crippen molar-refractivity contribution in [3.8, 4) is 17.2 Å². The van der Waals surface area contributed by atoms with Gasteiger partial charge < -0.3 is 19.5 Å². The maximum absolute atomic E-state index is 13.3. The van der Waals surface area contributed by atoms with Gasteiger partial charge in [-0.15, -0.1) is 0 Å². The average molecular weight is 409 g/mol. The van der Waals surface area contributed by atoms with Crippen LogP contribution in [0.3, 0.4) is 0 Å². The monoisotopic (exact) mass is 409 g/mol. The quantitative estimate of drug-likeness (QED) is 0.657. The van der Waals surface area contributed by atoms with Gasteiger partial charge in [0.1, 0.15) is 23.9 Å². The zero-order valence-electron chi connectivity index (χ0n) is 17.2. The Balaban J connectivity index is 1.82. The lowest BCUT2D eigenvalue weighted by Crippen LogP contribution is -2.47. The normalized spacial score (nSPS) is 16.0. The van der Waals surface area contributed by atoms with E-state index in [-0.39, 0.29) is 29.9 Å². The van der Waals surface area contributed by atoms with Crippen molar-refractivity contribution in [2.75, 3.05) is 19.8 Å². The number of aldehydes is 1. The van der Waals surface area contributed by atoms with E-state index in [4.69, 9.17) is 9.47 Å². The molecule has 2 aromatic carbocycles. The van der Waals surface area contributed by atoms with E-state index in [9.17, 15) is 14.7 Å². The van der Waals surface area contributed by atoms with Gasteiger partial charge in [0.05, 0.1) is 29.3 Å². The van der Waals surface area contributed by atoms with E-state index < -0.39 is 0 Å². The number of piperidine rings is 1. The summed E-state index contributed by atoms with van der Waals surface area (Å²) in [6.45, 7) is 6.85. The third-order valence-electron chi connectivity index (χ3n) is 5.28. The number of phenols is 1. The Labute approximate surface area is 176 Å². The molecule has 1 saturated heterocycles. The molecule has 1 atom stereocenters. The van der Waals surface area contributed by atoms with Crippen molar-refractivity contribution in [2.24, 2.45) is 0 Å². The Kier molecular flexibility index (Phi) is 7.12. The van der Waals surface area contributed by atoms with Gasteiger partial charge in [0, 0.05) is 6.54 Å². The molecule has 1 aliphatic heterocycles. The fraction of sp³-hybridized carbons (Fsp3) is 0.333. The minimum absolute atomic E-state index is 0.0995. The van der Waals surface area contributed by atoms with Crippen LogP contribution in [0.25, 0.3) is 6.08 Å².